The Morgan fingerprint density at radius 2 is 2.55 bits per heavy atom. The maximum Gasteiger partial charge on any atom is 0.192 e. The van der Waals surface area contributed by atoms with E-state index in [0.29, 0.717) is 5.89 Å². The Morgan fingerprint density at radius 3 is 3.36 bits per heavy atom. The van der Waals surface area contributed by atoms with Gasteiger partial charge < -0.3 is 4.42 Å². The van der Waals surface area contributed by atoms with Crippen molar-refractivity contribution in [3.63, 3.8) is 0 Å². The summed E-state index contributed by atoms with van der Waals surface area (Å²) in [5.74, 6) is 0.702. The summed E-state index contributed by atoms with van der Waals surface area (Å²) in [5, 5.41) is 0.959. The number of aromatic nitrogens is 1. The zero-order valence-electron chi connectivity index (χ0n) is 6.17. The van der Waals surface area contributed by atoms with E-state index in [1.54, 1.807) is 0 Å². The minimum absolute atomic E-state index is 0.0759. The van der Waals surface area contributed by atoms with Gasteiger partial charge in [-0.1, -0.05) is 0 Å². The van der Waals surface area contributed by atoms with Crippen LogP contribution in [0, 0.1) is 6.92 Å². The molecule has 0 aliphatic heterocycles. The van der Waals surface area contributed by atoms with Gasteiger partial charge in [-0.25, -0.2) is 4.98 Å². The number of alkyl halides is 1. The molecule has 1 heterocycles. The molecule has 0 saturated carbocycles. The van der Waals surface area contributed by atoms with Crippen LogP contribution >= 0.6 is 11.6 Å². The summed E-state index contributed by atoms with van der Waals surface area (Å²) in [6, 6.07) is 0. The minimum atomic E-state index is 0.0759. The van der Waals surface area contributed by atoms with E-state index in [0.717, 1.165) is 17.2 Å². The molecule has 1 aliphatic rings. The lowest BCUT2D eigenvalue weighted by atomic mass is 10.2. The average Bonchev–Trinajstić information content (AvgIpc) is 2.27. The van der Waals surface area contributed by atoms with E-state index in [9.17, 15) is 0 Å². The van der Waals surface area contributed by atoms with Crippen molar-refractivity contribution in [3.05, 3.63) is 16.7 Å². The molecular weight excluding hydrogens is 162 g/mol. The van der Waals surface area contributed by atoms with E-state index in [1.165, 1.54) is 0 Å². The highest BCUT2D eigenvalue weighted by molar-refractivity contribution is 6.24. The number of fused-ring (bicyclic) bond motifs is 1. The standard InChI is InChI=1S/C8H8ClNO/c1-5-10-7-4-6(9)2-3-8(7)11-5/h3-4,6H,2H2,1H3. The molecule has 0 spiro atoms. The summed E-state index contributed by atoms with van der Waals surface area (Å²) in [7, 11) is 0. The van der Waals surface area contributed by atoms with Crippen molar-refractivity contribution in [1.82, 2.24) is 4.98 Å². The molecule has 0 amide bonds. The summed E-state index contributed by atoms with van der Waals surface area (Å²) in [4.78, 5) is 4.16. The number of halogens is 1. The summed E-state index contributed by atoms with van der Waals surface area (Å²) >= 11 is 5.89. The Bertz CT molecular complexity index is 379. The first-order valence-corrected chi connectivity index (χ1v) is 3.99. The van der Waals surface area contributed by atoms with Gasteiger partial charge in [0.25, 0.3) is 0 Å². The SMILES string of the molecule is Cc1nc2c(o1)=CCC(Cl)C=2. The molecule has 1 aromatic heterocycles. The van der Waals surface area contributed by atoms with Gasteiger partial charge in [0, 0.05) is 6.92 Å². The Morgan fingerprint density at radius 1 is 1.73 bits per heavy atom. The summed E-state index contributed by atoms with van der Waals surface area (Å²) in [6.45, 7) is 1.84. The third-order valence-electron chi connectivity index (χ3n) is 1.66. The number of rotatable bonds is 0. The van der Waals surface area contributed by atoms with E-state index < -0.39 is 0 Å². The lowest BCUT2D eigenvalue weighted by molar-refractivity contribution is 0.490. The van der Waals surface area contributed by atoms with Crippen molar-refractivity contribution in [3.8, 4) is 0 Å². The topological polar surface area (TPSA) is 26.0 Å². The zero-order valence-corrected chi connectivity index (χ0v) is 6.93. The van der Waals surface area contributed by atoms with Crippen LogP contribution in [-0.2, 0) is 0 Å². The maximum atomic E-state index is 5.89. The number of nitrogens with zero attached hydrogens (tertiary/aromatic N) is 1. The largest absolute Gasteiger partial charge is 0.441 e. The second kappa shape index (κ2) is 2.38. The van der Waals surface area contributed by atoms with E-state index in [-0.39, 0.29) is 5.38 Å². The van der Waals surface area contributed by atoms with Crippen molar-refractivity contribution in [2.75, 3.05) is 0 Å². The van der Waals surface area contributed by atoms with Gasteiger partial charge in [-0.05, 0) is 18.6 Å². The van der Waals surface area contributed by atoms with Crippen LogP contribution in [0.1, 0.15) is 12.3 Å². The molecule has 0 aromatic carbocycles. The molecule has 2 nitrogen and oxygen atoms in total. The predicted molar refractivity (Wildman–Crippen MR) is 43.7 cm³/mol. The van der Waals surface area contributed by atoms with E-state index in [1.807, 2.05) is 19.1 Å². The molecule has 1 aromatic rings. The van der Waals surface area contributed by atoms with Gasteiger partial charge >= 0.3 is 0 Å². The van der Waals surface area contributed by atoms with Gasteiger partial charge in [-0.3, -0.25) is 0 Å². The molecular formula is C8H8ClNO. The zero-order chi connectivity index (χ0) is 7.84. The van der Waals surface area contributed by atoms with Gasteiger partial charge in [0.1, 0.15) is 5.35 Å². The molecule has 2 rings (SSSR count). The van der Waals surface area contributed by atoms with Crippen molar-refractivity contribution in [2.45, 2.75) is 18.7 Å². The molecule has 1 aliphatic carbocycles. The molecule has 0 N–H and O–H groups in total. The first-order chi connectivity index (χ1) is 5.25. The van der Waals surface area contributed by atoms with Crippen molar-refractivity contribution in [1.29, 1.82) is 0 Å². The van der Waals surface area contributed by atoms with Crippen LogP contribution in [-0.4, -0.2) is 10.4 Å². The molecule has 11 heavy (non-hydrogen) atoms. The first-order valence-electron chi connectivity index (χ1n) is 3.55. The molecule has 0 bridgehead atoms. The molecule has 1 atom stereocenters. The van der Waals surface area contributed by atoms with Gasteiger partial charge in [0.05, 0.1) is 5.38 Å². The second-order valence-corrected chi connectivity index (χ2v) is 3.17. The number of hydrogen-bond acceptors (Lipinski definition) is 2. The Kier molecular flexibility index (Phi) is 1.50. The van der Waals surface area contributed by atoms with Crippen LogP contribution in [0.25, 0.3) is 12.2 Å². The van der Waals surface area contributed by atoms with Crippen LogP contribution in [0.2, 0.25) is 0 Å². The molecule has 0 saturated heterocycles. The highest BCUT2D eigenvalue weighted by atomic mass is 35.5. The Balaban J connectivity index is 2.72. The summed E-state index contributed by atoms with van der Waals surface area (Å²) < 4.78 is 5.30. The lowest BCUT2D eigenvalue weighted by Crippen LogP contribution is -2.27. The minimum Gasteiger partial charge on any atom is -0.441 e. The fourth-order valence-electron chi connectivity index (χ4n) is 1.18. The number of oxazole rings is 1. The van der Waals surface area contributed by atoms with E-state index >= 15 is 0 Å². The van der Waals surface area contributed by atoms with Gasteiger partial charge in [-0.15, -0.1) is 11.6 Å². The first kappa shape index (κ1) is 6.92. The molecule has 3 heteroatoms. The number of aryl methyl sites for hydroxylation is 1. The maximum absolute atomic E-state index is 5.89. The lowest BCUT2D eigenvalue weighted by Gasteiger charge is -1.99. The summed E-state index contributed by atoms with van der Waals surface area (Å²) in [6.07, 6.45) is 4.74. The van der Waals surface area contributed by atoms with E-state index in [4.69, 9.17) is 16.0 Å². The highest BCUT2D eigenvalue weighted by Crippen LogP contribution is 2.05. The molecule has 0 fully saturated rings. The quantitative estimate of drug-likeness (QED) is 0.531. The van der Waals surface area contributed by atoms with Crippen molar-refractivity contribution < 1.29 is 4.42 Å². The molecule has 58 valence electrons. The summed E-state index contributed by atoms with van der Waals surface area (Å²) in [5.41, 5.74) is 0.861. The Hall–Kier alpha value is -0.760. The molecule has 1 unspecified atom stereocenters. The monoisotopic (exact) mass is 169 g/mol. The Labute approximate surface area is 69.2 Å². The van der Waals surface area contributed by atoms with Crippen LogP contribution < -0.4 is 10.8 Å². The fraction of sp³-hybridized carbons (Fsp3) is 0.375. The third kappa shape index (κ3) is 1.18. The van der Waals surface area contributed by atoms with Crippen LogP contribution in [0.4, 0.5) is 0 Å². The smallest absolute Gasteiger partial charge is 0.192 e. The van der Waals surface area contributed by atoms with Gasteiger partial charge in [0.15, 0.2) is 11.3 Å². The van der Waals surface area contributed by atoms with Crippen LogP contribution in [0.3, 0.4) is 0 Å². The van der Waals surface area contributed by atoms with Crippen LogP contribution in [0.15, 0.2) is 4.42 Å². The normalized spacial score (nSPS) is 21.8. The van der Waals surface area contributed by atoms with E-state index in [2.05, 4.69) is 4.98 Å². The van der Waals surface area contributed by atoms with Gasteiger partial charge in [-0.2, -0.15) is 0 Å². The third-order valence-corrected chi connectivity index (χ3v) is 1.96. The number of hydrogen-bond donors (Lipinski definition) is 0. The average molecular weight is 170 g/mol. The van der Waals surface area contributed by atoms with Crippen molar-refractivity contribution >= 4 is 23.8 Å². The fourth-order valence-corrected chi connectivity index (χ4v) is 1.39. The van der Waals surface area contributed by atoms with Gasteiger partial charge in [0.2, 0.25) is 0 Å². The molecule has 0 radical (unpaired) electrons. The van der Waals surface area contributed by atoms with Crippen LogP contribution in [0.5, 0.6) is 0 Å². The second-order valence-electron chi connectivity index (χ2n) is 2.60. The predicted octanol–water partition coefficient (Wildman–Crippen LogP) is 0.555. The van der Waals surface area contributed by atoms with Crippen molar-refractivity contribution in [2.24, 2.45) is 0 Å². The highest BCUT2D eigenvalue weighted by Gasteiger charge is 2.06.